The van der Waals surface area contributed by atoms with Gasteiger partial charge in [-0.15, -0.1) is 0 Å². The average molecular weight is 744 g/mol. The normalized spacial score (nSPS) is 9.76. The highest BCUT2D eigenvalue weighted by Gasteiger charge is 2.11. The first-order chi connectivity index (χ1) is 23.8. The minimum atomic E-state index is -0.661. The lowest BCUT2D eigenvalue weighted by molar-refractivity contribution is -0.384. The number of halogens is 2. The number of benzene rings is 4. The molecule has 4 aromatic carbocycles. The first-order valence-corrected chi connectivity index (χ1v) is 14.8. The molecule has 0 bridgehead atoms. The fourth-order valence-corrected chi connectivity index (χ4v) is 4.09. The number of aromatic nitrogens is 4. The minimum Gasteiger partial charge on any atom is -0.497 e. The van der Waals surface area contributed by atoms with Gasteiger partial charge in [-0.05, 0) is 48.5 Å². The second-order valence-electron chi connectivity index (χ2n) is 9.66. The maximum absolute atomic E-state index is 11.0. The Hall–Kier alpha value is -6.26. The van der Waals surface area contributed by atoms with Crippen molar-refractivity contribution in [2.45, 2.75) is 7.43 Å². The maximum atomic E-state index is 11.0. The molecule has 0 atom stereocenters. The number of ether oxygens (including phenoxy) is 4. The first kappa shape index (κ1) is 40.9. The Balaban J connectivity index is 0.000000236. The van der Waals surface area contributed by atoms with Crippen molar-refractivity contribution in [2.24, 2.45) is 0 Å². The summed E-state index contributed by atoms with van der Waals surface area (Å²) in [5.41, 5.74) is 18.6. The Labute approximate surface area is 301 Å². The van der Waals surface area contributed by atoms with E-state index in [4.69, 9.17) is 59.4 Å². The fourth-order valence-electron chi connectivity index (χ4n) is 3.83. The van der Waals surface area contributed by atoms with Gasteiger partial charge in [-0.1, -0.05) is 30.6 Å². The van der Waals surface area contributed by atoms with Gasteiger partial charge >= 0.3 is 11.1 Å². The number of anilines is 3. The molecule has 6 aromatic rings. The standard InChI is InChI=1S/C9H6Cl2N2O.C9H8N2O3.C7H8N2O3.C7H10N2O.CH4/c1-14-5-2-3-6-7(4-5)13-9(11)8(10)12-6;1-14-5-2-3-6-7(4-5)11-9(13)8(12)10-6;1-12-5-2-3-6(8)7(4-5)9(10)11;1-10-5-2-3-6(8)7(9)4-5;/h2-4H,1H3;2-4H,1H3,(H,10,12)(H,11,13);2-4H,8H2,1H3;2-4H,8-9H2,1H3;1H4. The second-order valence-corrected chi connectivity index (χ2v) is 10.4. The van der Waals surface area contributed by atoms with Gasteiger partial charge in [0.05, 0.1) is 72.9 Å². The van der Waals surface area contributed by atoms with Crippen LogP contribution in [-0.4, -0.2) is 53.3 Å². The maximum Gasteiger partial charge on any atom is 0.314 e. The number of nitrogens with zero attached hydrogens (tertiary/aromatic N) is 3. The zero-order valence-electron chi connectivity index (χ0n) is 27.0. The van der Waals surface area contributed by atoms with Crippen molar-refractivity contribution in [3.05, 3.63) is 114 Å². The lowest BCUT2D eigenvalue weighted by Crippen LogP contribution is -2.28. The molecule has 2 aromatic heterocycles. The summed E-state index contributed by atoms with van der Waals surface area (Å²) in [5, 5.41) is 10.8. The quantitative estimate of drug-likeness (QED) is 0.0602. The van der Waals surface area contributed by atoms with Crippen molar-refractivity contribution in [1.29, 1.82) is 0 Å². The van der Waals surface area contributed by atoms with Crippen LogP contribution in [0.3, 0.4) is 0 Å². The van der Waals surface area contributed by atoms with Gasteiger partial charge in [0.25, 0.3) is 5.69 Å². The number of fused-ring (bicyclic) bond motifs is 2. The highest BCUT2D eigenvalue weighted by molar-refractivity contribution is 6.40. The first-order valence-electron chi connectivity index (χ1n) is 14.0. The minimum absolute atomic E-state index is 0. The molecule has 0 amide bonds. The van der Waals surface area contributed by atoms with Gasteiger partial charge in [0.15, 0.2) is 10.3 Å². The van der Waals surface area contributed by atoms with Crippen LogP contribution < -0.4 is 47.3 Å². The Kier molecular flexibility index (Phi) is 15.3. The summed E-state index contributed by atoms with van der Waals surface area (Å²) in [5.74, 6) is 2.49. The Morgan fingerprint density at radius 1 is 0.608 bits per heavy atom. The molecular weight excluding hydrogens is 707 g/mol. The van der Waals surface area contributed by atoms with E-state index in [1.807, 2.05) is 0 Å². The number of nitrogens with one attached hydrogen (secondary N) is 2. The summed E-state index contributed by atoms with van der Waals surface area (Å²) in [4.78, 5) is 44.8. The van der Waals surface area contributed by atoms with E-state index in [1.165, 1.54) is 26.4 Å². The van der Waals surface area contributed by atoms with Crippen LogP contribution in [0.25, 0.3) is 22.1 Å². The molecule has 51 heavy (non-hydrogen) atoms. The summed E-state index contributed by atoms with van der Waals surface area (Å²) in [6.07, 6.45) is 0. The summed E-state index contributed by atoms with van der Waals surface area (Å²) < 4.78 is 19.7. The van der Waals surface area contributed by atoms with Gasteiger partial charge in [-0.2, -0.15) is 0 Å². The van der Waals surface area contributed by atoms with Gasteiger partial charge in [0.1, 0.15) is 28.7 Å². The number of H-pyrrole nitrogens is 2. The molecule has 0 spiro atoms. The summed E-state index contributed by atoms with van der Waals surface area (Å²) >= 11 is 11.5. The lowest BCUT2D eigenvalue weighted by atomic mass is 10.2. The number of nitrogen functional groups attached to an aromatic ring is 3. The van der Waals surface area contributed by atoms with Crippen molar-refractivity contribution in [2.75, 3.05) is 45.6 Å². The third-order valence-corrected chi connectivity index (χ3v) is 7.07. The molecule has 0 aliphatic rings. The fraction of sp³-hybridized carbons (Fsp3) is 0.152. The molecule has 0 aliphatic carbocycles. The Bertz CT molecular complexity index is 2230. The van der Waals surface area contributed by atoms with Gasteiger partial charge in [-0.25, -0.2) is 9.97 Å². The van der Waals surface area contributed by atoms with Crippen LogP contribution in [0.5, 0.6) is 23.0 Å². The van der Waals surface area contributed by atoms with Gasteiger partial charge in [-0.3, -0.25) is 19.7 Å². The van der Waals surface area contributed by atoms with E-state index in [1.54, 1.807) is 74.9 Å². The van der Waals surface area contributed by atoms with Crippen molar-refractivity contribution in [3.63, 3.8) is 0 Å². The predicted molar refractivity (Wildman–Crippen MR) is 200 cm³/mol. The third-order valence-electron chi connectivity index (χ3n) is 6.45. The summed E-state index contributed by atoms with van der Waals surface area (Å²) in [7, 11) is 6.15. The number of nitrogens with two attached hydrogens (primary N) is 3. The molecule has 0 fully saturated rings. The van der Waals surface area contributed by atoms with E-state index >= 15 is 0 Å². The van der Waals surface area contributed by atoms with Crippen LogP contribution >= 0.6 is 23.2 Å². The van der Waals surface area contributed by atoms with Crippen molar-refractivity contribution in [1.82, 2.24) is 19.9 Å². The monoisotopic (exact) mass is 742 g/mol. The van der Waals surface area contributed by atoms with Crippen molar-refractivity contribution >= 4 is 68.0 Å². The molecule has 18 heteroatoms. The van der Waals surface area contributed by atoms with E-state index in [2.05, 4.69) is 19.9 Å². The smallest absolute Gasteiger partial charge is 0.314 e. The number of methoxy groups -OCH3 is 4. The molecule has 0 unspecified atom stereocenters. The van der Waals surface area contributed by atoms with E-state index in [0.29, 0.717) is 50.7 Å². The second kappa shape index (κ2) is 19.1. The number of nitro groups is 1. The van der Waals surface area contributed by atoms with Gasteiger partial charge < -0.3 is 46.1 Å². The number of rotatable bonds is 5. The van der Waals surface area contributed by atoms with Gasteiger partial charge in [0.2, 0.25) is 0 Å². The van der Waals surface area contributed by atoms with Crippen LogP contribution in [0.2, 0.25) is 10.3 Å². The highest BCUT2D eigenvalue weighted by atomic mass is 35.5. The molecule has 0 saturated heterocycles. The molecular formula is C33H36Cl2N8O8. The summed E-state index contributed by atoms with van der Waals surface area (Å²) in [6.45, 7) is 0. The molecule has 2 heterocycles. The Morgan fingerprint density at radius 3 is 1.61 bits per heavy atom. The zero-order valence-corrected chi connectivity index (χ0v) is 28.5. The molecule has 270 valence electrons. The van der Waals surface area contributed by atoms with Crippen LogP contribution in [0, 0.1) is 10.1 Å². The van der Waals surface area contributed by atoms with Crippen molar-refractivity contribution < 1.29 is 23.9 Å². The summed E-state index contributed by atoms with van der Waals surface area (Å²) in [6, 6.07) is 19.8. The van der Waals surface area contributed by atoms with Crippen LogP contribution in [-0.2, 0) is 0 Å². The zero-order chi connectivity index (χ0) is 37.0. The van der Waals surface area contributed by atoms with Gasteiger partial charge in [0, 0.05) is 18.2 Å². The molecule has 8 N–H and O–H groups in total. The number of hydrogen-bond donors (Lipinski definition) is 5. The molecule has 0 radical (unpaired) electrons. The average Bonchev–Trinajstić information content (AvgIpc) is 3.11. The molecule has 16 nitrogen and oxygen atoms in total. The predicted octanol–water partition coefficient (Wildman–Crippen LogP) is 5.85. The third kappa shape index (κ3) is 11.4. The van der Waals surface area contributed by atoms with E-state index < -0.39 is 16.0 Å². The molecule has 0 aliphatic heterocycles. The Morgan fingerprint density at radius 2 is 1.06 bits per heavy atom. The number of hydrogen-bond acceptors (Lipinski definition) is 13. The van der Waals surface area contributed by atoms with Crippen LogP contribution in [0.1, 0.15) is 7.43 Å². The SMILES string of the molecule is C.COc1ccc(N)c(N)c1.COc1ccc(N)c([N+](=O)[O-])c1.COc1ccc2[nH]c(=O)c(=O)[nH]c2c1.COc1ccc2nc(Cl)c(Cl)nc2c1. The van der Waals surface area contributed by atoms with E-state index in [-0.39, 0.29) is 29.1 Å². The van der Waals surface area contributed by atoms with Crippen LogP contribution in [0.4, 0.5) is 22.7 Å². The number of aromatic amines is 2. The molecule has 0 saturated carbocycles. The topological polar surface area (TPSA) is 250 Å². The number of nitro benzene ring substituents is 1. The van der Waals surface area contributed by atoms with E-state index in [9.17, 15) is 19.7 Å². The highest BCUT2D eigenvalue weighted by Crippen LogP contribution is 2.26. The van der Waals surface area contributed by atoms with E-state index in [0.717, 1.165) is 5.75 Å². The van der Waals surface area contributed by atoms with Crippen molar-refractivity contribution in [3.8, 4) is 23.0 Å². The van der Waals surface area contributed by atoms with Crippen LogP contribution in [0.15, 0.2) is 82.4 Å². The molecule has 6 rings (SSSR count). The largest absolute Gasteiger partial charge is 0.497 e. The lowest BCUT2D eigenvalue weighted by Gasteiger charge is -2.02.